The minimum atomic E-state index is -0.399. The Morgan fingerprint density at radius 2 is 2.04 bits per heavy atom. The summed E-state index contributed by atoms with van der Waals surface area (Å²) in [5, 5.41) is 14.6. The highest BCUT2D eigenvalue weighted by molar-refractivity contribution is 5.97. The second-order valence-electron chi connectivity index (χ2n) is 7.69. The van der Waals surface area contributed by atoms with Crippen LogP contribution < -0.4 is 4.90 Å². The Balaban J connectivity index is 1.63. The van der Waals surface area contributed by atoms with Gasteiger partial charge in [0.05, 0.1) is 0 Å². The summed E-state index contributed by atoms with van der Waals surface area (Å²) < 4.78 is 5.51. The Hall–Kier alpha value is -2.28. The summed E-state index contributed by atoms with van der Waals surface area (Å²) in [6.07, 6.45) is 1.84. The van der Waals surface area contributed by atoms with Crippen LogP contribution in [0.3, 0.4) is 0 Å². The minimum Gasteiger partial charge on any atom is -0.381 e. The highest BCUT2D eigenvalue weighted by Gasteiger charge is 2.44. The number of rotatable bonds is 3. The van der Waals surface area contributed by atoms with E-state index in [-0.39, 0.29) is 11.3 Å². The summed E-state index contributed by atoms with van der Waals surface area (Å²) in [6.45, 7) is 6.29. The van der Waals surface area contributed by atoms with Crippen LogP contribution in [0.25, 0.3) is 0 Å². The van der Waals surface area contributed by atoms with Crippen molar-refractivity contribution in [3.05, 3.63) is 35.7 Å². The van der Waals surface area contributed by atoms with Gasteiger partial charge in [-0.1, -0.05) is 37.3 Å². The Morgan fingerprint density at radius 3 is 2.76 bits per heavy atom. The maximum absolute atomic E-state index is 13.3. The molecule has 1 amide bonds. The Bertz CT molecular complexity index is 766. The van der Waals surface area contributed by atoms with E-state index in [1.54, 1.807) is 0 Å². The highest BCUT2D eigenvalue weighted by Crippen LogP contribution is 2.42. The number of carbonyl (C=O) groups is 1. The molecule has 0 saturated carbocycles. The number of tetrazole rings is 1. The molecule has 3 heterocycles. The fourth-order valence-corrected chi connectivity index (χ4v) is 4.08. The molecule has 2 aliphatic heterocycles. The lowest BCUT2D eigenvalue weighted by molar-refractivity contribution is -0.121. The molecule has 1 aromatic heterocycles. The number of carbonyl (C=O) groups excluding carboxylic acids is 1. The van der Waals surface area contributed by atoms with Crippen molar-refractivity contribution >= 4 is 11.6 Å². The van der Waals surface area contributed by atoms with Gasteiger partial charge < -0.3 is 9.64 Å². The summed E-state index contributed by atoms with van der Waals surface area (Å²) in [7, 11) is 0. The number of nitrogens with zero attached hydrogens (tertiary/aromatic N) is 4. The predicted molar refractivity (Wildman–Crippen MR) is 92.3 cm³/mol. The molecule has 1 saturated heterocycles. The molecule has 0 bridgehead atoms. The smallest absolute Gasteiger partial charge is 0.228 e. The first-order chi connectivity index (χ1) is 12.0. The summed E-state index contributed by atoms with van der Waals surface area (Å²) in [5.41, 5.74) is 1.81. The Labute approximate surface area is 146 Å². The summed E-state index contributed by atoms with van der Waals surface area (Å²) in [6, 6.07) is 8.18. The van der Waals surface area contributed by atoms with Gasteiger partial charge in [-0.05, 0) is 24.5 Å². The third-order valence-electron chi connectivity index (χ3n) is 5.54. The lowest BCUT2D eigenvalue weighted by Gasteiger charge is -2.35. The Morgan fingerprint density at radius 1 is 1.28 bits per heavy atom. The lowest BCUT2D eigenvalue weighted by atomic mass is 9.76. The molecule has 2 aromatic rings. The third-order valence-corrected chi connectivity index (χ3v) is 5.54. The quantitative estimate of drug-likeness (QED) is 0.922. The van der Waals surface area contributed by atoms with Crippen LogP contribution in [0, 0.1) is 0 Å². The number of hydrogen-bond acceptors (Lipinski definition) is 5. The molecule has 0 aliphatic carbocycles. The fourth-order valence-electron chi connectivity index (χ4n) is 4.08. The lowest BCUT2D eigenvalue weighted by Crippen LogP contribution is -2.42. The number of nitrogens with one attached hydrogen (secondary N) is 1. The molecule has 132 valence electrons. The number of fused-ring (bicyclic) bond motifs is 1. The van der Waals surface area contributed by atoms with Gasteiger partial charge in [0, 0.05) is 42.7 Å². The fraction of sp³-hybridized carbons (Fsp3) is 0.556. The molecule has 1 aromatic carbocycles. The third kappa shape index (κ3) is 2.72. The van der Waals surface area contributed by atoms with Crippen molar-refractivity contribution in [3.8, 4) is 0 Å². The predicted octanol–water partition coefficient (Wildman–Crippen LogP) is 1.96. The van der Waals surface area contributed by atoms with E-state index in [0.717, 1.165) is 18.5 Å². The van der Waals surface area contributed by atoms with Crippen molar-refractivity contribution in [1.82, 2.24) is 20.6 Å². The maximum atomic E-state index is 13.3. The molecular weight excluding hydrogens is 318 g/mol. The van der Waals surface area contributed by atoms with E-state index < -0.39 is 5.41 Å². The first-order valence-electron chi connectivity index (χ1n) is 8.73. The van der Waals surface area contributed by atoms with Gasteiger partial charge in [0.1, 0.15) is 0 Å². The van der Waals surface area contributed by atoms with Crippen LogP contribution in [0.4, 0.5) is 5.69 Å². The molecular formula is C18H23N5O2. The average molecular weight is 341 g/mol. The van der Waals surface area contributed by atoms with Gasteiger partial charge in [-0.15, -0.1) is 10.2 Å². The van der Waals surface area contributed by atoms with Crippen molar-refractivity contribution in [2.24, 2.45) is 0 Å². The zero-order valence-corrected chi connectivity index (χ0v) is 14.7. The van der Waals surface area contributed by atoms with E-state index in [1.807, 2.05) is 23.1 Å². The largest absolute Gasteiger partial charge is 0.381 e. The Kier molecular flexibility index (Phi) is 3.83. The second kappa shape index (κ2) is 5.91. The molecule has 2 aliphatic rings. The molecule has 1 N–H and O–H groups in total. The van der Waals surface area contributed by atoms with Crippen LogP contribution >= 0.6 is 0 Å². The van der Waals surface area contributed by atoms with E-state index >= 15 is 0 Å². The van der Waals surface area contributed by atoms with E-state index in [1.165, 1.54) is 5.56 Å². The summed E-state index contributed by atoms with van der Waals surface area (Å²) >= 11 is 0. The van der Waals surface area contributed by atoms with E-state index in [2.05, 4.69) is 40.5 Å². The highest BCUT2D eigenvalue weighted by atomic mass is 16.5. The molecule has 0 spiro atoms. The summed E-state index contributed by atoms with van der Waals surface area (Å²) in [4.78, 5) is 15.2. The van der Waals surface area contributed by atoms with Crippen molar-refractivity contribution in [2.75, 3.05) is 24.7 Å². The van der Waals surface area contributed by atoms with Crippen molar-refractivity contribution in [3.63, 3.8) is 0 Å². The number of anilines is 1. The zero-order chi connectivity index (χ0) is 17.5. The molecule has 1 fully saturated rings. The van der Waals surface area contributed by atoms with Crippen LogP contribution in [0.2, 0.25) is 0 Å². The van der Waals surface area contributed by atoms with Gasteiger partial charge in [0.2, 0.25) is 5.91 Å². The van der Waals surface area contributed by atoms with Gasteiger partial charge in [-0.3, -0.25) is 4.79 Å². The van der Waals surface area contributed by atoms with Gasteiger partial charge in [-0.25, -0.2) is 0 Å². The topological polar surface area (TPSA) is 84.0 Å². The van der Waals surface area contributed by atoms with Crippen molar-refractivity contribution in [2.45, 2.75) is 43.9 Å². The number of ether oxygens (including phenoxy) is 1. The molecule has 7 heteroatoms. The maximum Gasteiger partial charge on any atom is 0.228 e. The number of H-pyrrole nitrogens is 1. The SMILES string of the molecule is CC1(C)CN(C(=O)CC2(c3nn[nH]n3)CCOCC2)c2ccccc21. The molecule has 25 heavy (non-hydrogen) atoms. The second-order valence-corrected chi connectivity index (χ2v) is 7.69. The molecule has 4 rings (SSSR count). The number of amides is 1. The number of aromatic amines is 1. The van der Waals surface area contributed by atoms with Gasteiger partial charge in [0.15, 0.2) is 5.82 Å². The number of aromatic nitrogens is 4. The number of para-hydroxylation sites is 1. The first kappa shape index (κ1) is 16.2. The van der Waals surface area contributed by atoms with E-state index in [4.69, 9.17) is 4.74 Å². The molecule has 0 radical (unpaired) electrons. The van der Waals surface area contributed by atoms with Crippen LogP contribution in [0.1, 0.15) is 44.5 Å². The van der Waals surface area contributed by atoms with E-state index in [0.29, 0.717) is 32.0 Å². The number of benzene rings is 1. The average Bonchev–Trinajstić information content (AvgIpc) is 3.23. The van der Waals surface area contributed by atoms with Crippen LogP contribution in [0.5, 0.6) is 0 Å². The van der Waals surface area contributed by atoms with E-state index in [9.17, 15) is 4.79 Å². The van der Waals surface area contributed by atoms with Gasteiger partial charge >= 0.3 is 0 Å². The van der Waals surface area contributed by atoms with Crippen LogP contribution in [-0.2, 0) is 20.4 Å². The summed E-state index contributed by atoms with van der Waals surface area (Å²) in [5.74, 6) is 0.737. The van der Waals surface area contributed by atoms with Gasteiger partial charge in [0.25, 0.3) is 0 Å². The standard InChI is InChI=1S/C18H23N5O2/c1-17(2)12-23(14-6-4-3-5-13(14)17)15(24)11-18(7-9-25-10-8-18)16-19-21-22-20-16/h3-6H,7-12H2,1-2H3,(H,19,20,21,22). The molecule has 7 nitrogen and oxygen atoms in total. The molecule has 0 unspecified atom stereocenters. The van der Waals surface area contributed by atoms with Crippen molar-refractivity contribution < 1.29 is 9.53 Å². The normalized spacial score (nSPS) is 21.1. The zero-order valence-electron chi connectivity index (χ0n) is 14.7. The van der Waals surface area contributed by atoms with Crippen LogP contribution in [-0.4, -0.2) is 46.3 Å². The monoisotopic (exact) mass is 341 g/mol. The van der Waals surface area contributed by atoms with Crippen LogP contribution in [0.15, 0.2) is 24.3 Å². The van der Waals surface area contributed by atoms with Gasteiger partial charge in [-0.2, -0.15) is 5.21 Å². The minimum absolute atomic E-state index is 0.0404. The molecule has 0 atom stereocenters. The van der Waals surface area contributed by atoms with Crippen molar-refractivity contribution in [1.29, 1.82) is 0 Å². The first-order valence-corrected chi connectivity index (χ1v) is 8.73. The number of hydrogen-bond donors (Lipinski definition) is 1.